The Balaban J connectivity index is 2.89. The Morgan fingerprint density at radius 1 is 1.20 bits per heavy atom. The number of nitrogens with one attached hydrogen (secondary N) is 1. The number of alkyl halides is 6. The number of hydrogen-bond acceptors (Lipinski definition) is 3. The minimum atomic E-state index is -5.54. The fraction of sp³-hybridized carbons (Fsp3) is 0.545. The highest BCUT2D eigenvalue weighted by Gasteiger charge is 2.59. The van der Waals surface area contributed by atoms with Gasteiger partial charge in [0.1, 0.15) is 5.75 Å². The van der Waals surface area contributed by atoms with Gasteiger partial charge in [-0.25, -0.2) is 0 Å². The van der Waals surface area contributed by atoms with Crippen LogP contribution in [0.4, 0.5) is 26.3 Å². The van der Waals surface area contributed by atoms with Crippen LogP contribution in [0.2, 0.25) is 0 Å². The number of aromatic nitrogens is 1. The normalized spacial score (nSPS) is 12.8. The molecule has 0 aliphatic heterocycles. The van der Waals surface area contributed by atoms with Gasteiger partial charge in [0.2, 0.25) is 0 Å². The third kappa shape index (κ3) is 4.87. The van der Waals surface area contributed by atoms with E-state index >= 15 is 0 Å². The lowest BCUT2D eigenvalue weighted by atomic mass is 10.3. The zero-order valence-electron chi connectivity index (χ0n) is 10.3. The summed E-state index contributed by atoms with van der Waals surface area (Å²) in [5, 5.41) is 2.84. The fourth-order valence-corrected chi connectivity index (χ4v) is 1.33. The van der Waals surface area contributed by atoms with Crippen molar-refractivity contribution in [3.63, 3.8) is 0 Å². The van der Waals surface area contributed by atoms with Crippen molar-refractivity contribution < 1.29 is 31.1 Å². The first kappa shape index (κ1) is 16.5. The molecule has 1 aromatic rings. The summed E-state index contributed by atoms with van der Waals surface area (Å²) in [6.45, 7) is 2.60. The summed E-state index contributed by atoms with van der Waals surface area (Å²) in [4.78, 5) is 3.80. The minimum Gasteiger partial charge on any atom is -0.471 e. The molecule has 20 heavy (non-hydrogen) atoms. The largest absolute Gasteiger partial charge is 0.471 e. The van der Waals surface area contributed by atoms with E-state index in [1.807, 2.05) is 0 Å². The van der Waals surface area contributed by atoms with Crippen LogP contribution in [-0.4, -0.2) is 30.0 Å². The molecule has 0 atom stereocenters. The monoisotopic (exact) mass is 302 g/mol. The first-order chi connectivity index (χ1) is 9.14. The maximum atomic E-state index is 12.3. The van der Waals surface area contributed by atoms with E-state index in [9.17, 15) is 26.3 Å². The summed E-state index contributed by atoms with van der Waals surface area (Å²) >= 11 is 0. The average Bonchev–Trinajstić information content (AvgIpc) is 2.31. The Hall–Kier alpha value is -1.51. The zero-order valence-corrected chi connectivity index (χ0v) is 10.3. The van der Waals surface area contributed by atoms with Crippen LogP contribution in [0.25, 0.3) is 0 Å². The van der Waals surface area contributed by atoms with Crippen LogP contribution in [-0.2, 0) is 6.54 Å². The van der Waals surface area contributed by atoms with Crippen LogP contribution in [0.5, 0.6) is 5.75 Å². The van der Waals surface area contributed by atoms with Gasteiger partial charge in [-0.15, -0.1) is 0 Å². The van der Waals surface area contributed by atoms with Gasteiger partial charge in [-0.1, -0.05) is 6.92 Å². The third-order valence-electron chi connectivity index (χ3n) is 2.19. The SMILES string of the molecule is CCNCc1cc(OC(C(F)(F)F)C(F)(F)F)ccn1. The summed E-state index contributed by atoms with van der Waals surface area (Å²) in [5.74, 6) is -0.535. The number of hydrogen-bond donors (Lipinski definition) is 1. The van der Waals surface area contributed by atoms with Crippen molar-refractivity contribution in [1.82, 2.24) is 10.3 Å². The molecular formula is C11H12F6N2O. The standard InChI is InChI=1S/C11H12F6N2O/c1-2-18-6-7-5-8(3-4-19-7)20-9(10(12,13)14)11(15,16)17/h3-5,9,18H,2,6H2,1H3. The van der Waals surface area contributed by atoms with Crippen molar-refractivity contribution >= 4 is 0 Å². The summed E-state index contributed by atoms with van der Waals surface area (Å²) in [6.07, 6.45) is -13.8. The van der Waals surface area contributed by atoms with Crippen molar-refractivity contribution in [2.24, 2.45) is 0 Å². The molecule has 0 amide bonds. The Bertz CT molecular complexity index is 418. The second kappa shape index (κ2) is 6.29. The van der Waals surface area contributed by atoms with Crippen molar-refractivity contribution in [1.29, 1.82) is 0 Å². The zero-order chi connectivity index (χ0) is 15.4. The quantitative estimate of drug-likeness (QED) is 0.849. The van der Waals surface area contributed by atoms with Gasteiger partial charge in [0.05, 0.1) is 5.69 Å². The van der Waals surface area contributed by atoms with E-state index in [4.69, 9.17) is 0 Å². The molecule has 0 spiro atoms. The van der Waals surface area contributed by atoms with Gasteiger partial charge in [0, 0.05) is 18.8 Å². The van der Waals surface area contributed by atoms with Gasteiger partial charge in [0.25, 0.3) is 6.10 Å². The number of rotatable bonds is 5. The molecule has 1 rings (SSSR count). The molecule has 0 radical (unpaired) electrons. The molecule has 0 unspecified atom stereocenters. The van der Waals surface area contributed by atoms with E-state index < -0.39 is 24.2 Å². The molecule has 9 heteroatoms. The summed E-state index contributed by atoms with van der Waals surface area (Å²) in [5.41, 5.74) is 0.285. The Labute approximate surface area is 110 Å². The summed E-state index contributed by atoms with van der Waals surface area (Å²) < 4.78 is 78.0. The molecule has 0 aromatic carbocycles. The van der Waals surface area contributed by atoms with E-state index in [1.54, 1.807) is 6.92 Å². The van der Waals surface area contributed by atoms with Gasteiger partial charge < -0.3 is 10.1 Å². The summed E-state index contributed by atoms with van der Waals surface area (Å²) in [7, 11) is 0. The van der Waals surface area contributed by atoms with Crippen LogP contribution < -0.4 is 10.1 Å². The van der Waals surface area contributed by atoms with E-state index in [-0.39, 0.29) is 12.2 Å². The molecule has 1 aromatic heterocycles. The highest BCUT2D eigenvalue weighted by atomic mass is 19.4. The van der Waals surface area contributed by atoms with E-state index in [2.05, 4.69) is 15.0 Å². The second-order valence-corrected chi connectivity index (χ2v) is 3.84. The molecule has 3 nitrogen and oxygen atoms in total. The lowest BCUT2D eigenvalue weighted by Crippen LogP contribution is -2.46. The van der Waals surface area contributed by atoms with Crippen molar-refractivity contribution in [3.8, 4) is 5.75 Å². The molecule has 114 valence electrons. The van der Waals surface area contributed by atoms with Gasteiger partial charge in [0.15, 0.2) is 0 Å². The highest BCUT2D eigenvalue weighted by molar-refractivity contribution is 5.23. The predicted octanol–water partition coefficient (Wildman–Crippen LogP) is 3.06. The molecule has 1 heterocycles. The minimum absolute atomic E-state index is 0.219. The lowest BCUT2D eigenvalue weighted by Gasteiger charge is -2.23. The molecule has 0 fully saturated rings. The van der Waals surface area contributed by atoms with E-state index in [0.29, 0.717) is 6.54 Å². The maximum absolute atomic E-state index is 12.3. The Kier molecular flexibility index (Phi) is 5.21. The van der Waals surface area contributed by atoms with Crippen LogP contribution in [0.1, 0.15) is 12.6 Å². The van der Waals surface area contributed by atoms with Crippen molar-refractivity contribution in [2.45, 2.75) is 31.9 Å². The van der Waals surface area contributed by atoms with Gasteiger partial charge >= 0.3 is 12.4 Å². The first-order valence-electron chi connectivity index (χ1n) is 5.60. The number of ether oxygens (including phenoxy) is 1. The molecule has 0 saturated carbocycles. The van der Waals surface area contributed by atoms with E-state index in [1.165, 1.54) is 0 Å². The van der Waals surface area contributed by atoms with Crippen LogP contribution in [0.3, 0.4) is 0 Å². The molecule has 1 N–H and O–H groups in total. The molecule has 0 bridgehead atoms. The van der Waals surface area contributed by atoms with E-state index in [0.717, 1.165) is 18.3 Å². The topological polar surface area (TPSA) is 34.1 Å². The Morgan fingerprint density at radius 3 is 2.30 bits per heavy atom. The maximum Gasteiger partial charge on any atom is 0.434 e. The first-order valence-corrected chi connectivity index (χ1v) is 5.60. The smallest absolute Gasteiger partial charge is 0.434 e. The second-order valence-electron chi connectivity index (χ2n) is 3.84. The van der Waals surface area contributed by atoms with Crippen molar-refractivity contribution in [2.75, 3.05) is 6.54 Å². The third-order valence-corrected chi connectivity index (χ3v) is 2.19. The van der Waals surface area contributed by atoms with Crippen LogP contribution in [0.15, 0.2) is 18.3 Å². The predicted molar refractivity (Wildman–Crippen MR) is 58.1 cm³/mol. The van der Waals surface area contributed by atoms with Crippen LogP contribution in [0, 0.1) is 0 Å². The number of pyridine rings is 1. The molecular weight excluding hydrogens is 290 g/mol. The lowest BCUT2D eigenvalue weighted by molar-refractivity contribution is -0.299. The van der Waals surface area contributed by atoms with Gasteiger partial charge in [-0.3, -0.25) is 4.98 Å². The molecule has 0 aliphatic rings. The number of halogens is 6. The number of nitrogens with zero attached hydrogens (tertiary/aromatic N) is 1. The summed E-state index contributed by atoms with van der Waals surface area (Å²) in [6, 6.07) is 1.98. The van der Waals surface area contributed by atoms with Crippen LogP contribution >= 0.6 is 0 Å². The van der Waals surface area contributed by atoms with Crippen molar-refractivity contribution in [3.05, 3.63) is 24.0 Å². The molecule has 0 aliphatic carbocycles. The Morgan fingerprint density at radius 2 is 1.80 bits per heavy atom. The fourth-order valence-electron chi connectivity index (χ4n) is 1.33. The van der Waals surface area contributed by atoms with Gasteiger partial charge in [-0.05, 0) is 12.6 Å². The molecule has 0 saturated heterocycles. The average molecular weight is 302 g/mol. The van der Waals surface area contributed by atoms with Gasteiger partial charge in [-0.2, -0.15) is 26.3 Å². The highest BCUT2D eigenvalue weighted by Crippen LogP contribution is 2.36.